The van der Waals surface area contributed by atoms with E-state index in [1.165, 1.54) is 26.4 Å². The van der Waals surface area contributed by atoms with Gasteiger partial charge >= 0.3 is 0 Å². The van der Waals surface area contributed by atoms with E-state index in [1.807, 2.05) is 0 Å². The zero-order valence-corrected chi connectivity index (χ0v) is 15.3. The second kappa shape index (κ2) is 7.55. The first kappa shape index (κ1) is 18.5. The largest absolute Gasteiger partial charge is 0.507 e. The number of phenols is 1. The topological polar surface area (TPSA) is 84.9 Å². The molecule has 0 aromatic heterocycles. The van der Waals surface area contributed by atoms with Crippen LogP contribution in [0.3, 0.4) is 0 Å². The third-order valence-corrected chi connectivity index (χ3v) is 4.43. The summed E-state index contributed by atoms with van der Waals surface area (Å²) < 4.78 is 10.4. The Morgan fingerprint density at radius 3 is 2.48 bits per heavy atom. The van der Waals surface area contributed by atoms with Crippen molar-refractivity contribution in [1.29, 1.82) is 0 Å². The summed E-state index contributed by atoms with van der Waals surface area (Å²) >= 11 is 6.14. The van der Waals surface area contributed by atoms with Crippen molar-refractivity contribution in [3.8, 4) is 17.2 Å². The molecule has 7 heteroatoms. The maximum absolute atomic E-state index is 13.0. The molecule has 1 amide bonds. The van der Waals surface area contributed by atoms with Crippen LogP contribution in [0.5, 0.6) is 17.2 Å². The predicted octanol–water partition coefficient (Wildman–Crippen LogP) is 4.28. The maximum atomic E-state index is 13.0. The summed E-state index contributed by atoms with van der Waals surface area (Å²) in [7, 11) is 2.91. The molecule has 27 heavy (non-hydrogen) atoms. The monoisotopic (exact) mass is 385 g/mol. The summed E-state index contributed by atoms with van der Waals surface area (Å²) in [4.78, 5) is 24.5. The minimum absolute atomic E-state index is 0.0644. The van der Waals surface area contributed by atoms with Crippen molar-refractivity contribution >= 4 is 40.3 Å². The van der Waals surface area contributed by atoms with Gasteiger partial charge in [0.25, 0.3) is 5.91 Å². The van der Waals surface area contributed by atoms with E-state index in [0.29, 0.717) is 34.2 Å². The number of nitrogens with one attached hydrogen (secondary N) is 1. The average molecular weight is 386 g/mol. The molecule has 0 saturated carbocycles. The normalized spacial score (nSPS) is 10.5. The van der Waals surface area contributed by atoms with E-state index in [1.54, 1.807) is 30.3 Å². The van der Waals surface area contributed by atoms with Crippen LogP contribution in [-0.2, 0) is 0 Å². The highest BCUT2D eigenvalue weighted by molar-refractivity contribution is 6.32. The number of hydrogen-bond donors (Lipinski definition) is 2. The Labute approximate surface area is 160 Å². The molecule has 2 N–H and O–H groups in total. The number of amides is 1. The van der Waals surface area contributed by atoms with Crippen LogP contribution in [0, 0.1) is 0 Å². The van der Waals surface area contributed by atoms with E-state index in [-0.39, 0.29) is 21.9 Å². The van der Waals surface area contributed by atoms with E-state index in [0.717, 1.165) is 0 Å². The molecule has 0 fully saturated rings. The van der Waals surface area contributed by atoms with Gasteiger partial charge in [0.05, 0.1) is 36.1 Å². The molecule has 0 aliphatic carbocycles. The van der Waals surface area contributed by atoms with Crippen LogP contribution >= 0.6 is 11.6 Å². The van der Waals surface area contributed by atoms with E-state index >= 15 is 0 Å². The summed E-state index contributed by atoms with van der Waals surface area (Å²) in [5.41, 5.74) is 0.275. The number of hydrogen-bond acceptors (Lipinski definition) is 5. The van der Waals surface area contributed by atoms with E-state index in [9.17, 15) is 14.7 Å². The van der Waals surface area contributed by atoms with Gasteiger partial charge in [-0.3, -0.25) is 9.59 Å². The number of anilines is 1. The van der Waals surface area contributed by atoms with Gasteiger partial charge < -0.3 is 19.9 Å². The number of halogens is 1. The lowest BCUT2D eigenvalue weighted by atomic mass is 9.97. The molecule has 0 unspecified atom stereocenters. The van der Waals surface area contributed by atoms with Crippen molar-refractivity contribution < 1.29 is 24.2 Å². The molecule has 0 heterocycles. The van der Waals surface area contributed by atoms with E-state index < -0.39 is 5.91 Å². The zero-order chi connectivity index (χ0) is 19.6. The molecular formula is C20H16ClNO5. The molecule has 0 radical (unpaired) electrons. The third-order valence-electron chi connectivity index (χ3n) is 4.13. The number of ether oxygens (including phenoxy) is 2. The van der Waals surface area contributed by atoms with Crippen LogP contribution in [0.1, 0.15) is 20.7 Å². The quantitative estimate of drug-likeness (QED) is 0.640. The molecule has 3 aromatic carbocycles. The number of fused-ring (bicyclic) bond motifs is 1. The predicted molar refractivity (Wildman–Crippen MR) is 104 cm³/mol. The number of methoxy groups -OCH3 is 2. The molecule has 0 aliphatic heterocycles. The van der Waals surface area contributed by atoms with Crippen LogP contribution in [0.4, 0.5) is 5.69 Å². The van der Waals surface area contributed by atoms with Gasteiger partial charge in [0.2, 0.25) is 0 Å². The number of benzene rings is 3. The first-order valence-corrected chi connectivity index (χ1v) is 8.30. The Morgan fingerprint density at radius 1 is 1.11 bits per heavy atom. The molecule has 138 valence electrons. The van der Waals surface area contributed by atoms with Crippen LogP contribution in [0.2, 0.25) is 5.02 Å². The summed E-state index contributed by atoms with van der Waals surface area (Å²) in [5, 5.41) is 14.3. The van der Waals surface area contributed by atoms with Gasteiger partial charge in [-0.1, -0.05) is 35.9 Å². The lowest BCUT2D eigenvalue weighted by Crippen LogP contribution is -2.15. The fourth-order valence-corrected chi connectivity index (χ4v) is 3.10. The summed E-state index contributed by atoms with van der Waals surface area (Å²) in [5.74, 6) is -0.123. The highest BCUT2D eigenvalue weighted by Crippen LogP contribution is 2.37. The molecule has 0 atom stereocenters. The molecule has 0 spiro atoms. The van der Waals surface area contributed by atoms with Gasteiger partial charge in [0, 0.05) is 6.07 Å². The lowest BCUT2D eigenvalue weighted by molar-refractivity contribution is 0.101. The fraction of sp³-hybridized carbons (Fsp3) is 0.100. The second-order valence-corrected chi connectivity index (χ2v) is 6.07. The highest BCUT2D eigenvalue weighted by Gasteiger charge is 2.21. The van der Waals surface area contributed by atoms with Crippen LogP contribution in [0.25, 0.3) is 10.8 Å². The third kappa shape index (κ3) is 3.39. The van der Waals surface area contributed by atoms with Crippen molar-refractivity contribution in [2.75, 3.05) is 19.5 Å². The average Bonchev–Trinajstić information content (AvgIpc) is 2.67. The van der Waals surface area contributed by atoms with Gasteiger partial charge in [-0.2, -0.15) is 0 Å². The van der Waals surface area contributed by atoms with Gasteiger partial charge in [-0.05, 0) is 22.9 Å². The number of phenolic OH excluding ortho intramolecular Hbond substituents is 1. The van der Waals surface area contributed by atoms with Crippen molar-refractivity contribution in [3.05, 3.63) is 58.6 Å². The first-order chi connectivity index (χ1) is 13.0. The Kier molecular flexibility index (Phi) is 5.19. The highest BCUT2D eigenvalue weighted by atomic mass is 35.5. The number of aromatic hydroxyl groups is 1. The molecule has 6 nitrogen and oxygen atoms in total. The van der Waals surface area contributed by atoms with Gasteiger partial charge in [-0.15, -0.1) is 0 Å². The van der Waals surface area contributed by atoms with Crippen LogP contribution < -0.4 is 14.8 Å². The number of carbonyl (C=O) groups excluding carboxylic acids is 2. The van der Waals surface area contributed by atoms with Gasteiger partial charge in [0.15, 0.2) is 6.29 Å². The van der Waals surface area contributed by atoms with Crippen LogP contribution in [0.15, 0.2) is 42.5 Å². The van der Waals surface area contributed by atoms with Crippen molar-refractivity contribution in [3.63, 3.8) is 0 Å². The standard InChI is InChI=1S/C20H16ClNO5/c1-26-17-9-18(27-2)15(8-14(17)21)22-20(25)19-12-6-4-3-5-11(12)7-16(24)13(19)10-23/h3-10,24H,1-2H3,(H,22,25). The van der Waals surface area contributed by atoms with E-state index in [4.69, 9.17) is 21.1 Å². The minimum Gasteiger partial charge on any atom is -0.507 e. The Hall–Kier alpha value is -3.25. The maximum Gasteiger partial charge on any atom is 0.257 e. The van der Waals surface area contributed by atoms with E-state index in [2.05, 4.69) is 5.32 Å². The van der Waals surface area contributed by atoms with Crippen molar-refractivity contribution in [1.82, 2.24) is 0 Å². The Balaban J connectivity index is 2.13. The molecule has 0 aliphatic rings. The number of aldehydes is 1. The second-order valence-electron chi connectivity index (χ2n) is 5.66. The fourth-order valence-electron chi connectivity index (χ4n) is 2.86. The number of carbonyl (C=O) groups is 2. The zero-order valence-electron chi connectivity index (χ0n) is 14.6. The van der Waals surface area contributed by atoms with Gasteiger partial charge in [0.1, 0.15) is 17.2 Å². The molecule has 3 rings (SSSR count). The summed E-state index contributed by atoms with van der Waals surface area (Å²) in [6.45, 7) is 0. The molecule has 0 saturated heterocycles. The minimum atomic E-state index is -0.580. The SMILES string of the molecule is COc1cc(OC)c(NC(=O)c2c(C=O)c(O)cc3ccccc23)cc1Cl. The summed E-state index contributed by atoms with van der Waals surface area (Å²) in [6.07, 6.45) is 0.453. The summed E-state index contributed by atoms with van der Waals surface area (Å²) in [6, 6.07) is 11.4. The number of rotatable bonds is 5. The molecular weight excluding hydrogens is 370 g/mol. The Morgan fingerprint density at radius 2 is 1.81 bits per heavy atom. The first-order valence-electron chi connectivity index (χ1n) is 7.93. The molecule has 0 bridgehead atoms. The lowest BCUT2D eigenvalue weighted by Gasteiger charge is -2.15. The van der Waals surface area contributed by atoms with Crippen molar-refractivity contribution in [2.24, 2.45) is 0 Å². The van der Waals surface area contributed by atoms with Gasteiger partial charge in [-0.25, -0.2) is 0 Å². The smallest absolute Gasteiger partial charge is 0.257 e. The van der Waals surface area contributed by atoms with Crippen LogP contribution in [-0.4, -0.2) is 31.5 Å². The Bertz CT molecular complexity index is 1050. The van der Waals surface area contributed by atoms with Crippen molar-refractivity contribution in [2.45, 2.75) is 0 Å². The molecule has 3 aromatic rings.